The summed E-state index contributed by atoms with van der Waals surface area (Å²) in [5.41, 5.74) is 1.59. The molecule has 1 aromatic carbocycles. The first-order valence-corrected chi connectivity index (χ1v) is 9.02. The van der Waals surface area contributed by atoms with Crippen LogP contribution < -0.4 is 10.1 Å². The highest BCUT2D eigenvalue weighted by molar-refractivity contribution is 6.01. The van der Waals surface area contributed by atoms with Crippen molar-refractivity contribution < 1.29 is 9.53 Å². The molecule has 6 nitrogen and oxygen atoms in total. The Balaban J connectivity index is 1.85. The number of ether oxygens (including phenoxy) is 1. The van der Waals surface area contributed by atoms with Gasteiger partial charge in [-0.1, -0.05) is 39.0 Å². The van der Waals surface area contributed by atoms with Crippen LogP contribution in [-0.2, 0) is 10.2 Å². The zero-order chi connectivity index (χ0) is 20.1. The number of carbonyl (C=O) groups excluding carboxylic acids is 1. The average Bonchev–Trinajstić information content (AvgIpc) is 3.11. The molecule has 0 atom stereocenters. The lowest BCUT2D eigenvalue weighted by Crippen LogP contribution is -2.13. The summed E-state index contributed by atoms with van der Waals surface area (Å²) in [6, 6.07) is 15.0. The number of nitrogens with zero attached hydrogens (tertiary/aromatic N) is 3. The smallest absolute Gasteiger partial charge is 0.249 e. The van der Waals surface area contributed by atoms with Crippen molar-refractivity contribution in [2.75, 3.05) is 12.4 Å². The standard InChI is InChI=1S/C22H24N4O2/c1-22(2,3)18-15-20(26(25-18)19-10-5-6-13-23-19)24-21(27)12-11-16-8-7-9-17(14-16)28-4/h5-15H,1-4H3,(H,24,27)/b12-11+. The van der Waals surface area contributed by atoms with Gasteiger partial charge in [0, 0.05) is 23.8 Å². The van der Waals surface area contributed by atoms with Crippen LogP contribution >= 0.6 is 0 Å². The maximum atomic E-state index is 12.5. The number of rotatable bonds is 5. The van der Waals surface area contributed by atoms with E-state index in [1.807, 2.05) is 48.5 Å². The molecule has 0 aliphatic rings. The molecule has 1 amide bonds. The van der Waals surface area contributed by atoms with Gasteiger partial charge in [0.2, 0.25) is 5.91 Å². The van der Waals surface area contributed by atoms with E-state index < -0.39 is 0 Å². The Labute approximate surface area is 164 Å². The summed E-state index contributed by atoms with van der Waals surface area (Å²) >= 11 is 0. The molecular formula is C22H24N4O2. The highest BCUT2D eigenvalue weighted by atomic mass is 16.5. The van der Waals surface area contributed by atoms with Gasteiger partial charge in [-0.15, -0.1) is 0 Å². The number of amides is 1. The molecule has 0 aliphatic heterocycles. The highest BCUT2D eigenvalue weighted by Gasteiger charge is 2.21. The predicted octanol–water partition coefficient (Wildman–Crippen LogP) is 4.23. The molecule has 144 valence electrons. The molecule has 2 heterocycles. The van der Waals surface area contributed by atoms with E-state index in [0.29, 0.717) is 11.6 Å². The van der Waals surface area contributed by atoms with Crippen molar-refractivity contribution in [1.82, 2.24) is 14.8 Å². The first kappa shape index (κ1) is 19.4. The Morgan fingerprint density at radius 1 is 1.14 bits per heavy atom. The Morgan fingerprint density at radius 2 is 1.96 bits per heavy atom. The molecule has 0 saturated heterocycles. The number of carbonyl (C=O) groups is 1. The van der Waals surface area contributed by atoms with E-state index in [-0.39, 0.29) is 11.3 Å². The van der Waals surface area contributed by atoms with E-state index in [2.05, 4.69) is 36.2 Å². The first-order chi connectivity index (χ1) is 13.4. The second-order valence-corrected chi connectivity index (χ2v) is 7.36. The second-order valence-electron chi connectivity index (χ2n) is 7.36. The SMILES string of the molecule is COc1cccc(/C=C/C(=O)Nc2cc(C(C)(C)C)nn2-c2ccccn2)c1. The summed E-state index contributed by atoms with van der Waals surface area (Å²) in [4.78, 5) is 16.8. The number of methoxy groups -OCH3 is 1. The highest BCUT2D eigenvalue weighted by Crippen LogP contribution is 2.25. The number of aromatic nitrogens is 3. The molecule has 1 N–H and O–H groups in total. The largest absolute Gasteiger partial charge is 0.497 e. The van der Waals surface area contributed by atoms with Crippen molar-refractivity contribution in [3.63, 3.8) is 0 Å². The second kappa shape index (κ2) is 8.08. The van der Waals surface area contributed by atoms with Crippen LogP contribution in [0, 0.1) is 0 Å². The first-order valence-electron chi connectivity index (χ1n) is 9.02. The van der Waals surface area contributed by atoms with Crippen LogP contribution in [0.25, 0.3) is 11.9 Å². The molecule has 0 saturated carbocycles. The van der Waals surface area contributed by atoms with Crippen LogP contribution in [0.1, 0.15) is 32.0 Å². The normalized spacial score (nSPS) is 11.6. The predicted molar refractivity (Wildman–Crippen MR) is 111 cm³/mol. The summed E-state index contributed by atoms with van der Waals surface area (Å²) in [6.45, 7) is 6.23. The van der Waals surface area contributed by atoms with Crippen molar-refractivity contribution >= 4 is 17.8 Å². The lowest BCUT2D eigenvalue weighted by Gasteiger charge is -2.13. The quantitative estimate of drug-likeness (QED) is 0.677. The lowest BCUT2D eigenvalue weighted by molar-refractivity contribution is -0.111. The summed E-state index contributed by atoms with van der Waals surface area (Å²) < 4.78 is 6.85. The fraction of sp³-hybridized carbons (Fsp3) is 0.227. The zero-order valence-electron chi connectivity index (χ0n) is 16.5. The Kier molecular flexibility index (Phi) is 5.59. The molecular weight excluding hydrogens is 352 g/mol. The van der Waals surface area contributed by atoms with Gasteiger partial charge < -0.3 is 10.1 Å². The maximum Gasteiger partial charge on any atom is 0.249 e. The van der Waals surface area contributed by atoms with Crippen LogP contribution in [0.3, 0.4) is 0 Å². The summed E-state index contributed by atoms with van der Waals surface area (Å²) in [6.07, 6.45) is 4.92. The number of nitrogens with one attached hydrogen (secondary N) is 1. The summed E-state index contributed by atoms with van der Waals surface area (Å²) in [5, 5.41) is 7.55. The molecule has 0 spiro atoms. The monoisotopic (exact) mass is 376 g/mol. The van der Waals surface area contributed by atoms with Crippen molar-refractivity contribution in [2.24, 2.45) is 0 Å². The maximum absolute atomic E-state index is 12.5. The molecule has 6 heteroatoms. The van der Waals surface area contributed by atoms with Crippen molar-refractivity contribution in [1.29, 1.82) is 0 Å². The van der Waals surface area contributed by atoms with Crippen LogP contribution in [0.15, 0.2) is 60.8 Å². The number of anilines is 1. The minimum atomic E-state index is -0.250. The third kappa shape index (κ3) is 4.65. The van der Waals surface area contributed by atoms with Crippen molar-refractivity contribution in [2.45, 2.75) is 26.2 Å². The number of hydrogen-bond donors (Lipinski definition) is 1. The molecule has 0 radical (unpaired) electrons. The van der Waals surface area contributed by atoms with E-state index in [1.54, 1.807) is 24.1 Å². The Bertz CT molecular complexity index is 985. The van der Waals surface area contributed by atoms with E-state index in [4.69, 9.17) is 4.74 Å². The van der Waals surface area contributed by atoms with Gasteiger partial charge in [-0.05, 0) is 35.9 Å². The summed E-state index contributed by atoms with van der Waals surface area (Å²) in [7, 11) is 1.61. The molecule has 0 fully saturated rings. The van der Waals surface area contributed by atoms with Gasteiger partial charge in [-0.2, -0.15) is 9.78 Å². The van der Waals surface area contributed by atoms with Crippen molar-refractivity contribution in [3.05, 3.63) is 72.1 Å². The van der Waals surface area contributed by atoms with Gasteiger partial charge in [0.25, 0.3) is 0 Å². The molecule has 0 aliphatic carbocycles. The van der Waals surface area contributed by atoms with Crippen LogP contribution in [0.5, 0.6) is 5.75 Å². The fourth-order valence-electron chi connectivity index (χ4n) is 2.58. The van der Waals surface area contributed by atoms with E-state index in [1.165, 1.54) is 6.08 Å². The van der Waals surface area contributed by atoms with Crippen molar-refractivity contribution in [3.8, 4) is 11.6 Å². The number of pyridine rings is 1. The molecule has 2 aromatic heterocycles. The Hall–Kier alpha value is -3.41. The zero-order valence-corrected chi connectivity index (χ0v) is 16.5. The van der Waals surface area contributed by atoms with Crippen LogP contribution in [-0.4, -0.2) is 27.8 Å². The van der Waals surface area contributed by atoms with Gasteiger partial charge in [-0.3, -0.25) is 4.79 Å². The third-order valence-corrected chi connectivity index (χ3v) is 4.12. The molecule has 0 bridgehead atoms. The van der Waals surface area contributed by atoms with E-state index in [0.717, 1.165) is 17.0 Å². The third-order valence-electron chi connectivity index (χ3n) is 4.12. The lowest BCUT2D eigenvalue weighted by atomic mass is 9.92. The van der Waals surface area contributed by atoms with Crippen LogP contribution in [0.2, 0.25) is 0 Å². The number of hydrogen-bond acceptors (Lipinski definition) is 4. The average molecular weight is 376 g/mol. The van der Waals surface area contributed by atoms with Gasteiger partial charge in [0.05, 0.1) is 12.8 Å². The van der Waals surface area contributed by atoms with Gasteiger partial charge in [0.15, 0.2) is 5.82 Å². The fourth-order valence-corrected chi connectivity index (χ4v) is 2.58. The minimum absolute atomic E-state index is 0.157. The number of benzene rings is 1. The molecule has 3 aromatic rings. The summed E-state index contributed by atoms with van der Waals surface area (Å²) in [5.74, 6) is 1.71. The minimum Gasteiger partial charge on any atom is -0.497 e. The van der Waals surface area contributed by atoms with Crippen LogP contribution in [0.4, 0.5) is 5.82 Å². The molecule has 0 unspecified atom stereocenters. The Morgan fingerprint density at radius 3 is 2.64 bits per heavy atom. The topological polar surface area (TPSA) is 69.0 Å². The van der Waals surface area contributed by atoms with E-state index in [9.17, 15) is 4.79 Å². The van der Waals surface area contributed by atoms with Gasteiger partial charge >= 0.3 is 0 Å². The molecule has 3 rings (SSSR count). The van der Waals surface area contributed by atoms with Gasteiger partial charge in [0.1, 0.15) is 11.6 Å². The molecule has 28 heavy (non-hydrogen) atoms. The van der Waals surface area contributed by atoms with E-state index >= 15 is 0 Å². The van der Waals surface area contributed by atoms with Gasteiger partial charge in [-0.25, -0.2) is 4.98 Å².